The van der Waals surface area contributed by atoms with Crippen molar-refractivity contribution in [3.8, 4) is 27.7 Å². The molecule has 0 unspecified atom stereocenters. The lowest BCUT2D eigenvalue weighted by atomic mass is 10.1. The van der Waals surface area contributed by atoms with Gasteiger partial charge in [-0.3, -0.25) is 14.2 Å². The van der Waals surface area contributed by atoms with Crippen LogP contribution in [-0.2, 0) is 17.9 Å². The molecule has 0 saturated heterocycles. The van der Waals surface area contributed by atoms with Crippen LogP contribution in [0.1, 0.15) is 5.56 Å². The predicted molar refractivity (Wildman–Crippen MR) is 125 cm³/mol. The van der Waals surface area contributed by atoms with Crippen molar-refractivity contribution in [1.29, 1.82) is 0 Å². The lowest BCUT2D eigenvalue weighted by Gasteiger charge is -2.14. The van der Waals surface area contributed by atoms with Gasteiger partial charge in [-0.2, -0.15) is 0 Å². The second-order valence-electron chi connectivity index (χ2n) is 6.78. The highest BCUT2D eigenvalue weighted by Crippen LogP contribution is 2.35. The standard InChI is InChI=1S/C22H21N3O5S2/c1-28-15-8-17(30-3)16(29-2)7-13(15)9-23-19(26)10-25-12-24-21-20(22(25)27)14(11-32-21)18-5-4-6-31-18/h4-8,11-12H,9-10H2,1-3H3,(H,23,26). The number of aromatic nitrogens is 2. The smallest absolute Gasteiger partial charge is 0.263 e. The molecule has 0 aliphatic heterocycles. The molecule has 3 aromatic heterocycles. The molecule has 0 aliphatic rings. The van der Waals surface area contributed by atoms with Gasteiger partial charge in [0.25, 0.3) is 5.56 Å². The summed E-state index contributed by atoms with van der Waals surface area (Å²) >= 11 is 2.98. The number of hydrogen-bond acceptors (Lipinski definition) is 8. The maximum Gasteiger partial charge on any atom is 0.263 e. The number of amides is 1. The van der Waals surface area contributed by atoms with Gasteiger partial charge < -0.3 is 19.5 Å². The van der Waals surface area contributed by atoms with Crippen LogP contribution in [0.25, 0.3) is 20.7 Å². The zero-order valence-electron chi connectivity index (χ0n) is 17.7. The number of nitrogens with one attached hydrogen (secondary N) is 1. The summed E-state index contributed by atoms with van der Waals surface area (Å²) < 4.78 is 17.3. The van der Waals surface area contributed by atoms with Gasteiger partial charge in [0.1, 0.15) is 17.1 Å². The fourth-order valence-corrected chi connectivity index (χ4v) is 5.05. The molecule has 32 heavy (non-hydrogen) atoms. The van der Waals surface area contributed by atoms with E-state index in [4.69, 9.17) is 14.2 Å². The van der Waals surface area contributed by atoms with Gasteiger partial charge in [0.15, 0.2) is 11.5 Å². The Balaban J connectivity index is 1.53. The van der Waals surface area contributed by atoms with Crippen molar-refractivity contribution in [3.63, 3.8) is 0 Å². The van der Waals surface area contributed by atoms with Gasteiger partial charge in [0, 0.05) is 34.0 Å². The lowest BCUT2D eigenvalue weighted by Crippen LogP contribution is -2.32. The number of carbonyl (C=O) groups is 1. The average molecular weight is 472 g/mol. The van der Waals surface area contributed by atoms with Gasteiger partial charge in [-0.1, -0.05) is 6.07 Å². The van der Waals surface area contributed by atoms with Gasteiger partial charge in [-0.15, -0.1) is 22.7 Å². The first-order valence-electron chi connectivity index (χ1n) is 9.61. The van der Waals surface area contributed by atoms with Gasteiger partial charge in [0.05, 0.1) is 33.0 Å². The molecule has 1 N–H and O–H groups in total. The number of thiophene rings is 2. The molecule has 166 valence electrons. The normalized spacial score (nSPS) is 10.8. The molecule has 1 amide bonds. The Labute approximate surface area is 192 Å². The summed E-state index contributed by atoms with van der Waals surface area (Å²) in [6, 6.07) is 7.35. The van der Waals surface area contributed by atoms with Crippen LogP contribution in [-0.4, -0.2) is 36.8 Å². The topological polar surface area (TPSA) is 91.7 Å². The van der Waals surface area contributed by atoms with Crippen LogP contribution >= 0.6 is 22.7 Å². The highest BCUT2D eigenvalue weighted by Gasteiger charge is 2.16. The van der Waals surface area contributed by atoms with Crippen LogP contribution in [0, 0.1) is 0 Å². The van der Waals surface area contributed by atoms with Crippen LogP contribution in [0.4, 0.5) is 0 Å². The van der Waals surface area contributed by atoms with Crippen molar-refractivity contribution >= 4 is 38.8 Å². The molecule has 4 aromatic rings. The summed E-state index contributed by atoms with van der Waals surface area (Å²) in [6.07, 6.45) is 1.41. The fraction of sp³-hybridized carbons (Fsp3) is 0.227. The maximum absolute atomic E-state index is 13.1. The molecule has 0 spiro atoms. The van der Waals surface area contributed by atoms with E-state index in [2.05, 4.69) is 10.3 Å². The Hall–Kier alpha value is -3.37. The van der Waals surface area contributed by atoms with Crippen molar-refractivity contribution in [2.75, 3.05) is 21.3 Å². The summed E-state index contributed by atoms with van der Waals surface area (Å²) in [7, 11) is 4.62. The number of nitrogens with zero attached hydrogens (tertiary/aromatic N) is 2. The largest absolute Gasteiger partial charge is 0.496 e. The van der Waals surface area contributed by atoms with Crippen molar-refractivity contribution in [1.82, 2.24) is 14.9 Å². The van der Waals surface area contributed by atoms with E-state index in [1.54, 1.807) is 37.7 Å². The first-order valence-corrected chi connectivity index (χ1v) is 11.4. The minimum Gasteiger partial charge on any atom is -0.496 e. The molecule has 3 heterocycles. The van der Waals surface area contributed by atoms with E-state index in [-0.39, 0.29) is 24.6 Å². The summed E-state index contributed by atoms with van der Waals surface area (Å²) in [5, 5.41) is 7.25. The second-order valence-corrected chi connectivity index (χ2v) is 8.59. The number of benzene rings is 1. The molecular formula is C22H21N3O5S2. The molecular weight excluding hydrogens is 450 g/mol. The predicted octanol–water partition coefficient (Wildman–Crippen LogP) is 3.53. The zero-order valence-corrected chi connectivity index (χ0v) is 19.3. The van der Waals surface area contributed by atoms with E-state index < -0.39 is 0 Å². The number of ether oxygens (including phenoxy) is 3. The van der Waals surface area contributed by atoms with Gasteiger partial charge in [-0.25, -0.2) is 4.98 Å². The maximum atomic E-state index is 13.1. The summed E-state index contributed by atoms with van der Waals surface area (Å²) in [5.41, 5.74) is 1.33. The van der Waals surface area contributed by atoms with Crippen LogP contribution in [0.2, 0.25) is 0 Å². The Morgan fingerprint density at radius 2 is 1.84 bits per heavy atom. The number of carbonyl (C=O) groups excluding carboxylic acids is 1. The second kappa shape index (κ2) is 9.41. The number of hydrogen-bond donors (Lipinski definition) is 1. The molecule has 0 saturated carbocycles. The molecule has 0 radical (unpaired) electrons. The monoisotopic (exact) mass is 471 g/mol. The van der Waals surface area contributed by atoms with E-state index in [0.29, 0.717) is 27.5 Å². The molecule has 0 bridgehead atoms. The summed E-state index contributed by atoms with van der Waals surface area (Å²) in [5.74, 6) is 1.30. The van der Waals surface area contributed by atoms with Crippen molar-refractivity contribution in [2.45, 2.75) is 13.1 Å². The lowest BCUT2D eigenvalue weighted by molar-refractivity contribution is -0.121. The summed E-state index contributed by atoms with van der Waals surface area (Å²) in [4.78, 5) is 31.7. The van der Waals surface area contributed by atoms with Crippen LogP contribution < -0.4 is 25.1 Å². The Morgan fingerprint density at radius 3 is 2.53 bits per heavy atom. The molecule has 4 rings (SSSR count). The minimum atomic E-state index is -0.321. The van der Waals surface area contributed by atoms with Gasteiger partial charge in [0.2, 0.25) is 5.91 Å². The highest BCUT2D eigenvalue weighted by atomic mass is 32.1. The van der Waals surface area contributed by atoms with Crippen LogP contribution in [0.15, 0.2) is 46.1 Å². The van der Waals surface area contributed by atoms with E-state index in [9.17, 15) is 9.59 Å². The Morgan fingerprint density at radius 1 is 1.09 bits per heavy atom. The summed E-state index contributed by atoms with van der Waals surface area (Å²) in [6.45, 7) is 0.0583. The molecule has 1 aromatic carbocycles. The molecule has 0 fully saturated rings. The number of methoxy groups -OCH3 is 3. The molecule has 0 atom stereocenters. The van der Waals surface area contributed by atoms with E-state index in [1.165, 1.54) is 29.3 Å². The highest BCUT2D eigenvalue weighted by molar-refractivity contribution is 7.18. The third-order valence-corrected chi connectivity index (χ3v) is 6.71. The Bertz CT molecular complexity index is 1310. The van der Waals surface area contributed by atoms with Crippen LogP contribution in [0.3, 0.4) is 0 Å². The third kappa shape index (κ3) is 4.19. The van der Waals surface area contributed by atoms with Crippen molar-refractivity contribution in [2.24, 2.45) is 0 Å². The van der Waals surface area contributed by atoms with Crippen molar-refractivity contribution in [3.05, 3.63) is 57.3 Å². The molecule has 0 aliphatic carbocycles. The number of rotatable bonds is 8. The van der Waals surface area contributed by atoms with Gasteiger partial charge >= 0.3 is 0 Å². The van der Waals surface area contributed by atoms with Gasteiger partial charge in [-0.05, 0) is 17.5 Å². The zero-order chi connectivity index (χ0) is 22.7. The number of fused-ring (bicyclic) bond motifs is 1. The fourth-order valence-electron chi connectivity index (χ4n) is 3.33. The third-order valence-electron chi connectivity index (χ3n) is 4.92. The van der Waals surface area contributed by atoms with Crippen molar-refractivity contribution < 1.29 is 19.0 Å². The first kappa shape index (κ1) is 21.8. The minimum absolute atomic E-state index is 0.142. The van der Waals surface area contributed by atoms with E-state index in [0.717, 1.165) is 16.0 Å². The van der Waals surface area contributed by atoms with E-state index >= 15 is 0 Å². The van der Waals surface area contributed by atoms with E-state index in [1.807, 2.05) is 22.9 Å². The molecule has 8 nitrogen and oxygen atoms in total. The first-order chi connectivity index (χ1) is 15.5. The SMILES string of the molecule is COc1cc(OC)c(OC)cc1CNC(=O)Cn1cnc2scc(-c3cccs3)c2c1=O. The Kier molecular flexibility index (Phi) is 6.42. The molecule has 10 heteroatoms. The average Bonchev–Trinajstić information content (AvgIpc) is 3.49. The quantitative estimate of drug-likeness (QED) is 0.423. The van der Waals surface area contributed by atoms with Crippen LogP contribution in [0.5, 0.6) is 17.2 Å².